The second-order valence-corrected chi connectivity index (χ2v) is 4.81. The summed E-state index contributed by atoms with van der Waals surface area (Å²) in [5.74, 6) is 0.541. The molecule has 0 saturated carbocycles. The van der Waals surface area contributed by atoms with Gasteiger partial charge in [0.25, 0.3) is 0 Å². The van der Waals surface area contributed by atoms with Gasteiger partial charge in [0.15, 0.2) is 5.82 Å². The van der Waals surface area contributed by atoms with E-state index < -0.39 is 12.7 Å². The molecule has 4 nitrogen and oxygen atoms in total. The summed E-state index contributed by atoms with van der Waals surface area (Å²) in [5.41, 5.74) is 6.28. The van der Waals surface area contributed by atoms with Crippen LogP contribution in [0.4, 0.5) is 24.7 Å². The number of hydrogen-bond donors (Lipinski definition) is 1. The van der Waals surface area contributed by atoms with Gasteiger partial charge in [0.1, 0.15) is 5.15 Å². The third-order valence-corrected chi connectivity index (χ3v) is 3.16. The Kier molecular flexibility index (Phi) is 4.05. The van der Waals surface area contributed by atoms with Gasteiger partial charge in [-0.05, 0) is 12.1 Å². The zero-order valence-corrected chi connectivity index (χ0v) is 10.9. The molecule has 8 heteroatoms. The van der Waals surface area contributed by atoms with E-state index in [9.17, 15) is 13.2 Å². The number of nitrogens with zero attached hydrogens (tertiary/aromatic N) is 3. The van der Waals surface area contributed by atoms with Crippen molar-refractivity contribution in [3.8, 4) is 0 Å². The highest BCUT2D eigenvalue weighted by atomic mass is 35.5. The zero-order valence-electron chi connectivity index (χ0n) is 10.1. The fourth-order valence-electron chi connectivity index (χ4n) is 2.06. The summed E-state index contributed by atoms with van der Waals surface area (Å²) < 4.78 is 36.8. The van der Waals surface area contributed by atoms with Gasteiger partial charge in [-0.25, -0.2) is 4.98 Å². The van der Waals surface area contributed by atoms with Crippen LogP contribution in [0.25, 0.3) is 0 Å². The summed E-state index contributed by atoms with van der Waals surface area (Å²) in [6.45, 7) is 0.681. The summed E-state index contributed by atoms with van der Waals surface area (Å²) in [6, 6.07) is 3.23. The molecule has 2 rings (SSSR count). The van der Waals surface area contributed by atoms with E-state index >= 15 is 0 Å². The van der Waals surface area contributed by atoms with Crippen molar-refractivity contribution in [3.05, 3.63) is 17.3 Å². The van der Waals surface area contributed by atoms with Crippen LogP contribution in [0.3, 0.4) is 0 Å². The molecule has 0 spiro atoms. The van der Waals surface area contributed by atoms with Gasteiger partial charge in [-0.1, -0.05) is 11.6 Å². The lowest BCUT2D eigenvalue weighted by Crippen LogP contribution is -2.49. The van der Waals surface area contributed by atoms with E-state index in [0.717, 1.165) is 0 Å². The predicted octanol–water partition coefficient (Wildman–Crippen LogP) is 2.00. The molecule has 0 unspecified atom stereocenters. The molecule has 0 aliphatic carbocycles. The van der Waals surface area contributed by atoms with Gasteiger partial charge in [-0.15, -0.1) is 0 Å². The van der Waals surface area contributed by atoms with Crippen molar-refractivity contribution in [2.75, 3.05) is 43.4 Å². The lowest BCUT2D eigenvalue weighted by Gasteiger charge is -2.36. The number of anilines is 2. The first kappa shape index (κ1) is 14.2. The van der Waals surface area contributed by atoms with Gasteiger partial charge in [0, 0.05) is 26.2 Å². The number of nitrogens with two attached hydrogens (primary N) is 1. The highest BCUT2D eigenvalue weighted by molar-refractivity contribution is 6.29. The Bertz CT molecular complexity index is 444. The minimum atomic E-state index is -4.16. The molecule has 1 aromatic heterocycles. The molecule has 19 heavy (non-hydrogen) atoms. The maximum atomic E-state index is 12.3. The van der Waals surface area contributed by atoms with Crippen LogP contribution in [-0.2, 0) is 0 Å². The maximum Gasteiger partial charge on any atom is 0.401 e. The van der Waals surface area contributed by atoms with E-state index in [1.54, 1.807) is 12.1 Å². The first-order valence-corrected chi connectivity index (χ1v) is 6.19. The topological polar surface area (TPSA) is 45.4 Å². The largest absolute Gasteiger partial charge is 0.401 e. The number of piperazine rings is 1. The monoisotopic (exact) mass is 294 g/mol. The van der Waals surface area contributed by atoms with Crippen LogP contribution in [-0.4, -0.2) is 48.8 Å². The van der Waals surface area contributed by atoms with E-state index in [0.29, 0.717) is 42.8 Å². The van der Waals surface area contributed by atoms with Crippen LogP contribution >= 0.6 is 11.6 Å². The summed E-state index contributed by atoms with van der Waals surface area (Å²) in [4.78, 5) is 7.35. The lowest BCUT2D eigenvalue weighted by atomic mass is 10.3. The number of hydrogen-bond acceptors (Lipinski definition) is 4. The van der Waals surface area contributed by atoms with Gasteiger partial charge in [0.2, 0.25) is 0 Å². The Morgan fingerprint density at radius 3 is 2.42 bits per heavy atom. The third-order valence-electron chi connectivity index (χ3n) is 2.95. The number of pyridine rings is 1. The summed E-state index contributed by atoms with van der Waals surface area (Å²) in [6.07, 6.45) is -4.16. The van der Waals surface area contributed by atoms with Crippen molar-refractivity contribution in [2.45, 2.75) is 6.18 Å². The minimum Gasteiger partial charge on any atom is -0.396 e. The maximum absolute atomic E-state index is 12.3. The fourth-order valence-corrected chi connectivity index (χ4v) is 2.20. The Hall–Kier alpha value is -1.21. The first-order valence-electron chi connectivity index (χ1n) is 5.81. The van der Waals surface area contributed by atoms with Crippen LogP contribution in [0.1, 0.15) is 0 Å². The Balaban J connectivity index is 1.98. The Morgan fingerprint density at radius 2 is 1.84 bits per heavy atom. The molecule has 0 radical (unpaired) electrons. The first-order chi connectivity index (χ1) is 8.85. The van der Waals surface area contributed by atoms with E-state index in [2.05, 4.69) is 4.98 Å². The Labute approximate surface area is 113 Å². The van der Waals surface area contributed by atoms with Crippen LogP contribution < -0.4 is 10.6 Å². The van der Waals surface area contributed by atoms with Gasteiger partial charge in [-0.3, -0.25) is 4.90 Å². The van der Waals surface area contributed by atoms with Crippen molar-refractivity contribution in [3.63, 3.8) is 0 Å². The lowest BCUT2D eigenvalue weighted by molar-refractivity contribution is -0.146. The summed E-state index contributed by atoms with van der Waals surface area (Å²) >= 11 is 5.80. The molecule has 1 aliphatic heterocycles. The SMILES string of the molecule is Nc1ccc(Cl)nc1N1CCN(CC(F)(F)F)CC1. The molecule has 0 atom stereocenters. The molecular formula is C11H14ClF3N4. The number of halogens is 4. The quantitative estimate of drug-likeness (QED) is 0.848. The number of rotatable bonds is 2. The molecule has 1 saturated heterocycles. The Morgan fingerprint density at radius 1 is 1.21 bits per heavy atom. The van der Waals surface area contributed by atoms with Crippen molar-refractivity contribution >= 4 is 23.1 Å². The van der Waals surface area contributed by atoms with Gasteiger partial charge < -0.3 is 10.6 Å². The second kappa shape index (κ2) is 5.42. The summed E-state index contributed by atoms with van der Waals surface area (Å²) in [7, 11) is 0. The van der Waals surface area contributed by atoms with Crippen LogP contribution in [0.5, 0.6) is 0 Å². The predicted molar refractivity (Wildman–Crippen MR) is 68.4 cm³/mol. The van der Waals surface area contributed by atoms with E-state index in [-0.39, 0.29) is 0 Å². The minimum absolute atomic E-state index is 0.321. The highest BCUT2D eigenvalue weighted by Gasteiger charge is 2.32. The normalized spacial score (nSPS) is 17.8. The molecule has 2 N–H and O–H groups in total. The molecule has 1 aromatic rings. The molecule has 1 aliphatic rings. The number of aromatic nitrogens is 1. The smallest absolute Gasteiger partial charge is 0.396 e. The molecule has 2 heterocycles. The number of nitrogen functional groups attached to an aromatic ring is 1. The molecule has 1 fully saturated rings. The van der Waals surface area contributed by atoms with E-state index in [1.807, 2.05) is 4.90 Å². The molecule has 106 valence electrons. The van der Waals surface area contributed by atoms with Crippen molar-refractivity contribution in [1.29, 1.82) is 0 Å². The average Bonchev–Trinajstić information content (AvgIpc) is 2.31. The van der Waals surface area contributed by atoms with Gasteiger partial charge >= 0.3 is 6.18 Å². The van der Waals surface area contributed by atoms with Crippen LogP contribution in [0.15, 0.2) is 12.1 Å². The average molecular weight is 295 g/mol. The fraction of sp³-hybridized carbons (Fsp3) is 0.545. The van der Waals surface area contributed by atoms with Crippen molar-refractivity contribution in [1.82, 2.24) is 9.88 Å². The number of alkyl halides is 3. The van der Waals surface area contributed by atoms with Gasteiger partial charge in [0.05, 0.1) is 12.2 Å². The summed E-state index contributed by atoms with van der Waals surface area (Å²) in [5, 5.41) is 0.321. The highest BCUT2D eigenvalue weighted by Crippen LogP contribution is 2.24. The molecule has 0 aromatic carbocycles. The van der Waals surface area contributed by atoms with Crippen molar-refractivity contribution < 1.29 is 13.2 Å². The zero-order chi connectivity index (χ0) is 14.0. The molecular weight excluding hydrogens is 281 g/mol. The molecule has 0 amide bonds. The van der Waals surface area contributed by atoms with E-state index in [1.165, 1.54) is 4.90 Å². The van der Waals surface area contributed by atoms with Crippen molar-refractivity contribution in [2.24, 2.45) is 0 Å². The second-order valence-electron chi connectivity index (χ2n) is 4.43. The van der Waals surface area contributed by atoms with Crippen LogP contribution in [0, 0.1) is 0 Å². The standard InChI is InChI=1S/C11H14ClF3N4/c12-9-2-1-8(16)10(17-9)19-5-3-18(4-6-19)7-11(13,14)15/h1-2H,3-7,16H2. The molecule has 0 bridgehead atoms. The third kappa shape index (κ3) is 3.87. The van der Waals surface area contributed by atoms with Crippen LogP contribution in [0.2, 0.25) is 5.15 Å². The van der Waals surface area contributed by atoms with Gasteiger partial charge in [-0.2, -0.15) is 13.2 Å². The van der Waals surface area contributed by atoms with E-state index in [4.69, 9.17) is 17.3 Å².